The lowest BCUT2D eigenvalue weighted by Crippen LogP contribution is -2.32. The molecule has 0 aliphatic rings. The third-order valence-electron chi connectivity index (χ3n) is 3.83. The second kappa shape index (κ2) is 8.80. The Bertz CT molecular complexity index is 941. The summed E-state index contributed by atoms with van der Waals surface area (Å²) in [5.41, 5.74) is 1.83. The lowest BCUT2D eigenvalue weighted by Gasteiger charge is -2.10. The highest BCUT2D eigenvalue weighted by atomic mass is 16.5. The average molecular weight is 364 g/mol. The van der Waals surface area contributed by atoms with Gasteiger partial charge in [0.25, 0.3) is 5.91 Å². The molecule has 0 atom stereocenters. The molecule has 1 N–H and O–H groups in total. The molecule has 1 heterocycles. The number of hydrogen-bond donors (Lipinski definition) is 1. The van der Waals surface area contributed by atoms with Crippen LogP contribution in [0.2, 0.25) is 0 Å². The predicted molar refractivity (Wildman–Crippen MR) is 102 cm³/mol. The lowest BCUT2D eigenvalue weighted by atomic mass is 10.1. The fourth-order valence-electron chi connectivity index (χ4n) is 2.61. The molecule has 0 aliphatic heterocycles. The van der Waals surface area contributed by atoms with Crippen LogP contribution in [0.15, 0.2) is 60.7 Å². The minimum Gasteiger partial charge on any atom is -0.492 e. The Labute approximate surface area is 157 Å². The molecule has 3 rings (SSSR count). The number of amides is 1. The maximum absolute atomic E-state index is 12.4. The molecule has 2 aromatic carbocycles. The van der Waals surface area contributed by atoms with Crippen LogP contribution in [-0.4, -0.2) is 36.6 Å². The number of aryl methyl sites for hydroxylation is 1. The molecule has 1 aromatic heterocycles. The van der Waals surface area contributed by atoms with Crippen LogP contribution in [0.3, 0.4) is 0 Å². The minimum absolute atomic E-state index is 0.322. The highest BCUT2D eigenvalue weighted by Crippen LogP contribution is 2.19. The highest BCUT2D eigenvalue weighted by Gasteiger charge is 2.14. The lowest BCUT2D eigenvalue weighted by molar-refractivity contribution is -0.124. The molecule has 0 aliphatic carbocycles. The SMILES string of the molecule is Cc1cc(C(=O)OCC(=O)NCCOc2ccccc2)c2ccccc2n1. The van der Waals surface area contributed by atoms with Crippen LogP contribution in [0.5, 0.6) is 5.75 Å². The first kappa shape index (κ1) is 18.4. The topological polar surface area (TPSA) is 77.5 Å². The first-order valence-corrected chi connectivity index (χ1v) is 8.61. The van der Waals surface area contributed by atoms with E-state index in [0.717, 1.165) is 5.75 Å². The average Bonchev–Trinajstić information content (AvgIpc) is 2.69. The quantitative estimate of drug-likeness (QED) is 0.515. The zero-order valence-electron chi connectivity index (χ0n) is 15.0. The number of aromatic nitrogens is 1. The third-order valence-corrected chi connectivity index (χ3v) is 3.83. The minimum atomic E-state index is -0.549. The Balaban J connectivity index is 1.48. The maximum Gasteiger partial charge on any atom is 0.339 e. The Morgan fingerprint density at radius 2 is 1.78 bits per heavy atom. The summed E-state index contributed by atoms with van der Waals surface area (Å²) >= 11 is 0. The smallest absolute Gasteiger partial charge is 0.339 e. The van der Waals surface area contributed by atoms with E-state index in [1.54, 1.807) is 12.1 Å². The fourth-order valence-corrected chi connectivity index (χ4v) is 2.61. The van der Waals surface area contributed by atoms with Gasteiger partial charge in [-0.15, -0.1) is 0 Å². The van der Waals surface area contributed by atoms with E-state index in [2.05, 4.69) is 10.3 Å². The summed E-state index contributed by atoms with van der Waals surface area (Å²) in [4.78, 5) is 28.6. The maximum atomic E-state index is 12.4. The van der Waals surface area contributed by atoms with Crippen molar-refractivity contribution in [2.75, 3.05) is 19.8 Å². The van der Waals surface area contributed by atoms with Crippen LogP contribution in [0.4, 0.5) is 0 Å². The molecule has 3 aromatic rings. The van der Waals surface area contributed by atoms with Gasteiger partial charge >= 0.3 is 5.97 Å². The number of carbonyl (C=O) groups excluding carboxylic acids is 2. The van der Waals surface area contributed by atoms with Gasteiger partial charge < -0.3 is 14.8 Å². The van der Waals surface area contributed by atoms with Crippen LogP contribution < -0.4 is 10.1 Å². The number of benzene rings is 2. The van der Waals surface area contributed by atoms with Gasteiger partial charge in [0.15, 0.2) is 6.61 Å². The number of esters is 1. The summed E-state index contributed by atoms with van der Waals surface area (Å²) in [5.74, 6) is -0.194. The van der Waals surface area contributed by atoms with Crippen molar-refractivity contribution in [3.63, 3.8) is 0 Å². The summed E-state index contributed by atoms with van der Waals surface area (Å²) in [6.07, 6.45) is 0. The number of nitrogens with one attached hydrogen (secondary N) is 1. The van der Waals surface area contributed by atoms with E-state index < -0.39 is 5.97 Å². The first-order valence-electron chi connectivity index (χ1n) is 8.61. The number of fused-ring (bicyclic) bond motifs is 1. The van der Waals surface area contributed by atoms with Crippen molar-refractivity contribution in [2.45, 2.75) is 6.92 Å². The molecule has 138 valence electrons. The Morgan fingerprint density at radius 1 is 1.04 bits per heavy atom. The van der Waals surface area contributed by atoms with Crippen molar-refractivity contribution in [1.29, 1.82) is 0 Å². The Kier molecular flexibility index (Phi) is 5.99. The van der Waals surface area contributed by atoms with Gasteiger partial charge in [-0.05, 0) is 31.2 Å². The third kappa shape index (κ3) is 5.04. The number of pyridine rings is 1. The van der Waals surface area contributed by atoms with Crippen LogP contribution in [0.1, 0.15) is 16.1 Å². The molecule has 0 fully saturated rings. The number of ether oxygens (including phenoxy) is 2. The van der Waals surface area contributed by atoms with E-state index in [1.807, 2.05) is 55.5 Å². The standard InChI is InChI=1S/C21H20N2O4/c1-15-13-18(17-9-5-6-10-19(17)23-15)21(25)27-14-20(24)22-11-12-26-16-7-3-2-4-8-16/h2-10,13H,11-12,14H2,1H3,(H,22,24). The molecule has 6 heteroatoms. The van der Waals surface area contributed by atoms with E-state index in [1.165, 1.54) is 0 Å². The van der Waals surface area contributed by atoms with Crippen molar-refractivity contribution in [3.05, 3.63) is 71.9 Å². The molecule has 1 amide bonds. The second-order valence-electron chi connectivity index (χ2n) is 5.92. The van der Waals surface area contributed by atoms with E-state index in [4.69, 9.17) is 9.47 Å². The molecule has 0 radical (unpaired) electrons. The van der Waals surface area contributed by atoms with Gasteiger partial charge in [0.05, 0.1) is 17.6 Å². The van der Waals surface area contributed by atoms with Gasteiger partial charge in [-0.1, -0.05) is 36.4 Å². The monoisotopic (exact) mass is 364 g/mol. The first-order chi connectivity index (χ1) is 13.1. The van der Waals surface area contributed by atoms with Crippen LogP contribution in [0.25, 0.3) is 10.9 Å². The van der Waals surface area contributed by atoms with Crippen molar-refractivity contribution in [1.82, 2.24) is 10.3 Å². The number of para-hydroxylation sites is 2. The zero-order valence-corrected chi connectivity index (χ0v) is 15.0. The fraction of sp³-hybridized carbons (Fsp3) is 0.190. The van der Waals surface area contributed by atoms with Crippen LogP contribution in [-0.2, 0) is 9.53 Å². The van der Waals surface area contributed by atoms with Crippen LogP contribution in [0, 0.1) is 6.92 Å². The van der Waals surface area contributed by atoms with Crippen molar-refractivity contribution in [3.8, 4) is 5.75 Å². The van der Waals surface area contributed by atoms with Gasteiger partial charge in [-0.3, -0.25) is 9.78 Å². The van der Waals surface area contributed by atoms with Gasteiger partial charge in [-0.2, -0.15) is 0 Å². The van der Waals surface area contributed by atoms with E-state index >= 15 is 0 Å². The number of rotatable bonds is 7. The van der Waals surface area contributed by atoms with Gasteiger partial charge in [0, 0.05) is 11.1 Å². The van der Waals surface area contributed by atoms with Crippen molar-refractivity contribution < 1.29 is 19.1 Å². The van der Waals surface area contributed by atoms with Crippen molar-refractivity contribution in [2.24, 2.45) is 0 Å². The molecule has 0 saturated heterocycles. The molecule has 0 saturated carbocycles. The molecular weight excluding hydrogens is 344 g/mol. The van der Waals surface area contributed by atoms with Gasteiger partial charge in [0.1, 0.15) is 12.4 Å². The van der Waals surface area contributed by atoms with Gasteiger partial charge in [0.2, 0.25) is 0 Å². The Hall–Kier alpha value is -3.41. The second-order valence-corrected chi connectivity index (χ2v) is 5.92. The van der Waals surface area contributed by atoms with E-state index in [-0.39, 0.29) is 12.5 Å². The molecule has 6 nitrogen and oxygen atoms in total. The zero-order chi connectivity index (χ0) is 19.1. The molecule has 27 heavy (non-hydrogen) atoms. The van der Waals surface area contributed by atoms with E-state index in [9.17, 15) is 9.59 Å². The number of carbonyl (C=O) groups is 2. The molecule has 0 bridgehead atoms. The van der Waals surface area contributed by atoms with Crippen molar-refractivity contribution >= 4 is 22.8 Å². The predicted octanol–water partition coefficient (Wildman–Crippen LogP) is 2.90. The summed E-state index contributed by atoms with van der Waals surface area (Å²) in [5, 5.41) is 3.35. The molecule has 0 unspecified atom stereocenters. The molecule has 0 spiro atoms. The largest absolute Gasteiger partial charge is 0.492 e. The summed E-state index contributed by atoms with van der Waals surface area (Å²) in [6.45, 7) is 2.11. The highest BCUT2D eigenvalue weighted by molar-refractivity contribution is 6.04. The summed E-state index contributed by atoms with van der Waals surface area (Å²) in [7, 11) is 0. The normalized spacial score (nSPS) is 10.4. The number of nitrogens with zero attached hydrogens (tertiary/aromatic N) is 1. The molecular formula is C21H20N2O4. The van der Waals surface area contributed by atoms with Gasteiger partial charge in [-0.25, -0.2) is 4.79 Å². The summed E-state index contributed by atoms with van der Waals surface area (Å²) in [6, 6.07) is 18.3. The van der Waals surface area contributed by atoms with Crippen LogP contribution >= 0.6 is 0 Å². The van der Waals surface area contributed by atoms with E-state index in [0.29, 0.717) is 35.3 Å². The Morgan fingerprint density at radius 3 is 2.59 bits per heavy atom. The number of hydrogen-bond acceptors (Lipinski definition) is 5. The summed E-state index contributed by atoms with van der Waals surface area (Å²) < 4.78 is 10.6.